The Kier molecular flexibility index (Phi) is 4.99. The second-order valence-corrected chi connectivity index (χ2v) is 3.61. The molecule has 0 aliphatic rings. The third-order valence-corrected chi connectivity index (χ3v) is 2.20. The standard InChI is InChI=1S/C11H13F3N2O3/c1-7-2-3-8(10(15)16-17)6-9(7)18-4-5-19-11(12,13)14/h2-3,6,17H,4-5H2,1H3,(H2,15,16). The summed E-state index contributed by atoms with van der Waals surface area (Å²) in [5, 5.41) is 11.4. The van der Waals surface area contributed by atoms with Crippen molar-refractivity contribution in [2.45, 2.75) is 13.3 Å². The van der Waals surface area contributed by atoms with Crippen molar-refractivity contribution in [1.82, 2.24) is 0 Å². The molecule has 0 saturated heterocycles. The van der Waals surface area contributed by atoms with Crippen molar-refractivity contribution in [3.63, 3.8) is 0 Å². The van der Waals surface area contributed by atoms with Crippen molar-refractivity contribution >= 4 is 5.84 Å². The molecular formula is C11H13F3N2O3. The van der Waals surface area contributed by atoms with Crippen LogP contribution in [0.3, 0.4) is 0 Å². The lowest BCUT2D eigenvalue weighted by molar-refractivity contribution is -0.325. The van der Waals surface area contributed by atoms with Crippen LogP contribution >= 0.6 is 0 Å². The molecule has 0 fully saturated rings. The van der Waals surface area contributed by atoms with Gasteiger partial charge in [0.2, 0.25) is 0 Å². The van der Waals surface area contributed by atoms with Crippen molar-refractivity contribution < 1.29 is 27.9 Å². The molecule has 1 aromatic carbocycles. The second kappa shape index (κ2) is 6.28. The molecule has 8 heteroatoms. The van der Waals surface area contributed by atoms with Gasteiger partial charge >= 0.3 is 6.36 Å². The Labute approximate surface area is 107 Å². The molecule has 3 N–H and O–H groups in total. The minimum Gasteiger partial charge on any atom is -0.491 e. The van der Waals surface area contributed by atoms with Crippen LogP contribution in [0.25, 0.3) is 0 Å². The Bertz CT molecular complexity index is 461. The number of benzene rings is 1. The van der Waals surface area contributed by atoms with Crippen molar-refractivity contribution in [3.8, 4) is 5.75 Å². The number of aryl methyl sites for hydroxylation is 1. The SMILES string of the molecule is Cc1ccc(/C(N)=N/O)cc1OCCOC(F)(F)F. The lowest BCUT2D eigenvalue weighted by atomic mass is 10.1. The lowest BCUT2D eigenvalue weighted by Crippen LogP contribution is -2.18. The number of nitrogens with zero attached hydrogens (tertiary/aromatic N) is 1. The van der Waals surface area contributed by atoms with Crippen LogP contribution < -0.4 is 10.5 Å². The lowest BCUT2D eigenvalue weighted by Gasteiger charge is -2.11. The highest BCUT2D eigenvalue weighted by molar-refractivity contribution is 5.97. The van der Waals surface area contributed by atoms with E-state index in [4.69, 9.17) is 15.7 Å². The van der Waals surface area contributed by atoms with Gasteiger partial charge < -0.3 is 15.7 Å². The topological polar surface area (TPSA) is 77.1 Å². The van der Waals surface area contributed by atoms with E-state index in [0.717, 1.165) is 0 Å². The maximum atomic E-state index is 11.7. The van der Waals surface area contributed by atoms with E-state index >= 15 is 0 Å². The largest absolute Gasteiger partial charge is 0.522 e. The van der Waals surface area contributed by atoms with Gasteiger partial charge in [-0.1, -0.05) is 17.3 Å². The number of alkyl halides is 3. The molecule has 0 spiro atoms. The molecule has 0 aromatic heterocycles. The highest BCUT2D eigenvalue weighted by Gasteiger charge is 2.28. The summed E-state index contributed by atoms with van der Waals surface area (Å²) in [5.41, 5.74) is 6.51. The molecule has 5 nitrogen and oxygen atoms in total. The molecule has 0 saturated carbocycles. The van der Waals surface area contributed by atoms with E-state index in [2.05, 4.69) is 9.89 Å². The van der Waals surface area contributed by atoms with Crippen LogP contribution in [0.1, 0.15) is 11.1 Å². The van der Waals surface area contributed by atoms with Gasteiger partial charge in [0.25, 0.3) is 0 Å². The Morgan fingerprint density at radius 1 is 1.37 bits per heavy atom. The van der Waals surface area contributed by atoms with E-state index in [1.54, 1.807) is 19.1 Å². The Hall–Kier alpha value is -1.96. The van der Waals surface area contributed by atoms with Crippen molar-refractivity contribution in [2.75, 3.05) is 13.2 Å². The molecule has 19 heavy (non-hydrogen) atoms. The average Bonchev–Trinajstić information content (AvgIpc) is 2.34. The number of nitrogens with two attached hydrogens (primary N) is 1. The Morgan fingerprint density at radius 3 is 2.63 bits per heavy atom. The molecule has 0 aliphatic heterocycles. The van der Waals surface area contributed by atoms with Gasteiger partial charge in [-0.15, -0.1) is 13.2 Å². The number of amidine groups is 1. The number of rotatable bonds is 5. The molecule has 1 aromatic rings. The number of ether oxygens (including phenoxy) is 2. The van der Waals surface area contributed by atoms with Gasteiger partial charge in [0.05, 0.1) is 6.61 Å². The first kappa shape index (κ1) is 15.1. The summed E-state index contributed by atoms with van der Waals surface area (Å²) in [6.07, 6.45) is -4.67. The van der Waals surface area contributed by atoms with Crippen LogP contribution in [0.2, 0.25) is 0 Å². The zero-order valence-corrected chi connectivity index (χ0v) is 10.1. The minimum absolute atomic E-state index is 0.114. The third kappa shape index (κ3) is 5.04. The van der Waals surface area contributed by atoms with Crippen LogP contribution in [-0.4, -0.2) is 30.6 Å². The van der Waals surface area contributed by atoms with E-state index in [0.29, 0.717) is 16.9 Å². The third-order valence-electron chi connectivity index (χ3n) is 2.20. The Morgan fingerprint density at radius 2 is 2.05 bits per heavy atom. The summed E-state index contributed by atoms with van der Waals surface area (Å²) in [6.45, 7) is 0.840. The molecule has 0 bridgehead atoms. The maximum Gasteiger partial charge on any atom is 0.522 e. The van der Waals surface area contributed by atoms with Crippen molar-refractivity contribution in [3.05, 3.63) is 29.3 Å². The van der Waals surface area contributed by atoms with Gasteiger partial charge in [0.1, 0.15) is 12.4 Å². The fourth-order valence-electron chi connectivity index (χ4n) is 1.28. The molecular weight excluding hydrogens is 265 g/mol. The van der Waals surface area contributed by atoms with Crippen LogP contribution in [0.15, 0.2) is 23.4 Å². The van der Waals surface area contributed by atoms with Gasteiger partial charge in [0.15, 0.2) is 5.84 Å². The highest BCUT2D eigenvalue weighted by Crippen LogP contribution is 2.20. The summed E-state index contributed by atoms with van der Waals surface area (Å²) in [4.78, 5) is 0. The normalized spacial score (nSPS) is 12.5. The number of hydrogen-bond acceptors (Lipinski definition) is 4. The molecule has 106 valence electrons. The first-order chi connectivity index (χ1) is 8.83. The molecule has 0 unspecified atom stereocenters. The number of halogens is 3. The number of hydrogen-bond donors (Lipinski definition) is 2. The van der Waals surface area contributed by atoms with E-state index in [9.17, 15) is 13.2 Å². The second-order valence-electron chi connectivity index (χ2n) is 3.61. The van der Waals surface area contributed by atoms with Gasteiger partial charge in [-0.2, -0.15) is 0 Å². The van der Waals surface area contributed by atoms with Crippen LogP contribution in [0, 0.1) is 6.92 Å². The first-order valence-electron chi connectivity index (χ1n) is 5.25. The van der Waals surface area contributed by atoms with Crippen LogP contribution in [0.4, 0.5) is 13.2 Å². The van der Waals surface area contributed by atoms with E-state index in [1.807, 2.05) is 0 Å². The monoisotopic (exact) mass is 278 g/mol. The summed E-state index contributed by atoms with van der Waals surface area (Å²) < 4.78 is 43.9. The zero-order chi connectivity index (χ0) is 14.5. The van der Waals surface area contributed by atoms with E-state index < -0.39 is 13.0 Å². The Balaban J connectivity index is 2.63. The van der Waals surface area contributed by atoms with E-state index in [1.165, 1.54) is 6.07 Å². The van der Waals surface area contributed by atoms with Gasteiger partial charge in [-0.25, -0.2) is 0 Å². The van der Waals surface area contributed by atoms with E-state index in [-0.39, 0.29) is 12.4 Å². The summed E-state index contributed by atoms with van der Waals surface area (Å²) in [6, 6.07) is 4.72. The van der Waals surface area contributed by atoms with Crippen LogP contribution in [-0.2, 0) is 4.74 Å². The van der Waals surface area contributed by atoms with Gasteiger partial charge in [-0.05, 0) is 18.6 Å². The zero-order valence-electron chi connectivity index (χ0n) is 10.1. The summed E-state index contributed by atoms with van der Waals surface area (Å²) in [5.74, 6) is 0.228. The molecule has 0 heterocycles. The van der Waals surface area contributed by atoms with Crippen molar-refractivity contribution in [1.29, 1.82) is 0 Å². The highest BCUT2D eigenvalue weighted by atomic mass is 19.4. The maximum absolute atomic E-state index is 11.7. The van der Waals surface area contributed by atoms with Crippen LogP contribution in [0.5, 0.6) is 5.75 Å². The predicted molar refractivity (Wildman–Crippen MR) is 61.2 cm³/mol. The quantitative estimate of drug-likeness (QED) is 0.284. The fraction of sp³-hybridized carbons (Fsp3) is 0.364. The van der Waals surface area contributed by atoms with Crippen molar-refractivity contribution in [2.24, 2.45) is 10.9 Å². The number of oxime groups is 1. The fourth-order valence-corrected chi connectivity index (χ4v) is 1.28. The molecule has 0 radical (unpaired) electrons. The summed E-state index contributed by atoms with van der Waals surface area (Å²) in [7, 11) is 0. The predicted octanol–water partition coefficient (Wildman–Crippen LogP) is 2.00. The molecule has 0 aliphatic carbocycles. The van der Waals surface area contributed by atoms with Gasteiger partial charge in [0, 0.05) is 5.56 Å². The van der Waals surface area contributed by atoms with Gasteiger partial charge in [-0.3, -0.25) is 4.74 Å². The first-order valence-corrected chi connectivity index (χ1v) is 5.25. The minimum atomic E-state index is -4.67. The molecule has 1 rings (SSSR count). The smallest absolute Gasteiger partial charge is 0.491 e. The average molecular weight is 278 g/mol. The summed E-state index contributed by atoms with van der Waals surface area (Å²) >= 11 is 0. The molecule has 0 amide bonds. The molecule has 0 atom stereocenters.